The van der Waals surface area contributed by atoms with Crippen molar-refractivity contribution in [2.45, 2.75) is 6.54 Å². The minimum Gasteiger partial charge on any atom is -0.495 e. The van der Waals surface area contributed by atoms with Crippen LogP contribution >= 0.6 is 11.6 Å². The summed E-state index contributed by atoms with van der Waals surface area (Å²) >= 11 is 6.20. The first-order valence-corrected chi connectivity index (χ1v) is 11.8. The number of barbiturate groups is 1. The second-order valence-electron chi connectivity index (χ2n) is 8.23. The van der Waals surface area contributed by atoms with Crippen molar-refractivity contribution in [2.75, 3.05) is 18.6 Å². The number of aromatic nitrogens is 1. The fraction of sp³-hybridized carbons (Fsp3) is 0.107. The van der Waals surface area contributed by atoms with Crippen LogP contribution in [-0.2, 0) is 16.1 Å². The molecule has 0 spiro atoms. The van der Waals surface area contributed by atoms with Gasteiger partial charge in [-0.25, -0.2) is 9.69 Å². The maximum Gasteiger partial charge on any atom is 0.335 e. The number of imide groups is 2. The first-order valence-electron chi connectivity index (χ1n) is 11.5. The minimum atomic E-state index is -0.853. The Morgan fingerprint density at radius 1 is 0.973 bits per heavy atom. The number of benzene rings is 3. The topological polar surface area (TPSA) is 89.9 Å². The monoisotopic (exact) mass is 515 g/mol. The number of halogens is 1. The van der Waals surface area contributed by atoms with Crippen LogP contribution in [0.3, 0.4) is 0 Å². The van der Waals surface area contributed by atoms with Gasteiger partial charge < -0.3 is 14.0 Å². The van der Waals surface area contributed by atoms with E-state index in [4.69, 9.17) is 21.1 Å². The van der Waals surface area contributed by atoms with Crippen LogP contribution in [0.15, 0.2) is 84.6 Å². The maximum absolute atomic E-state index is 13.4. The third kappa shape index (κ3) is 4.79. The van der Waals surface area contributed by atoms with Crippen molar-refractivity contribution in [1.29, 1.82) is 0 Å². The number of anilines is 1. The Hall–Kier alpha value is -4.56. The van der Waals surface area contributed by atoms with Crippen LogP contribution in [0.5, 0.6) is 11.5 Å². The quantitative estimate of drug-likeness (QED) is 0.275. The third-order valence-electron chi connectivity index (χ3n) is 5.96. The largest absolute Gasteiger partial charge is 0.495 e. The number of urea groups is 1. The molecule has 1 fully saturated rings. The number of hydrogen-bond acceptors (Lipinski definition) is 5. The fourth-order valence-electron chi connectivity index (χ4n) is 4.20. The molecule has 0 bridgehead atoms. The van der Waals surface area contributed by atoms with E-state index in [1.54, 1.807) is 6.07 Å². The second kappa shape index (κ2) is 10.2. The average molecular weight is 516 g/mol. The van der Waals surface area contributed by atoms with Crippen LogP contribution in [0, 0.1) is 0 Å². The van der Waals surface area contributed by atoms with Gasteiger partial charge in [-0.05, 0) is 42.5 Å². The zero-order chi connectivity index (χ0) is 25.9. The third-order valence-corrected chi connectivity index (χ3v) is 6.25. The van der Waals surface area contributed by atoms with Crippen LogP contribution < -0.4 is 19.7 Å². The van der Waals surface area contributed by atoms with E-state index in [9.17, 15) is 14.4 Å². The Morgan fingerprint density at radius 3 is 2.49 bits per heavy atom. The maximum atomic E-state index is 13.4. The Labute approximate surface area is 217 Å². The molecule has 4 aromatic rings. The Kier molecular flexibility index (Phi) is 6.66. The van der Waals surface area contributed by atoms with E-state index in [1.807, 2.05) is 65.4 Å². The molecule has 3 aromatic carbocycles. The molecule has 1 N–H and O–H groups in total. The van der Waals surface area contributed by atoms with Crippen molar-refractivity contribution in [3.8, 4) is 11.5 Å². The Bertz CT molecular complexity index is 1540. The first kappa shape index (κ1) is 24.1. The zero-order valence-electron chi connectivity index (χ0n) is 19.8. The average Bonchev–Trinajstić information content (AvgIpc) is 3.24. The molecule has 0 radical (unpaired) electrons. The van der Waals surface area contributed by atoms with Gasteiger partial charge in [0.25, 0.3) is 11.8 Å². The Morgan fingerprint density at radius 2 is 1.73 bits per heavy atom. The van der Waals surface area contributed by atoms with E-state index in [0.717, 1.165) is 21.6 Å². The molecule has 1 aromatic heterocycles. The van der Waals surface area contributed by atoms with Crippen LogP contribution in [0.2, 0.25) is 5.02 Å². The molecule has 1 aliphatic heterocycles. The van der Waals surface area contributed by atoms with Crippen molar-refractivity contribution in [1.82, 2.24) is 9.88 Å². The highest BCUT2D eigenvalue weighted by Gasteiger charge is 2.37. The molecule has 0 atom stereocenters. The van der Waals surface area contributed by atoms with Crippen LogP contribution in [0.4, 0.5) is 10.5 Å². The Balaban J connectivity index is 1.46. The second-order valence-corrected chi connectivity index (χ2v) is 8.64. The number of hydrogen-bond donors (Lipinski definition) is 1. The number of rotatable bonds is 7. The van der Waals surface area contributed by atoms with Gasteiger partial charge in [0.15, 0.2) is 0 Å². The van der Waals surface area contributed by atoms with Crippen molar-refractivity contribution in [3.63, 3.8) is 0 Å². The van der Waals surface area contributed by atoms with E-state index in [-0.39, 0.29) is 16.3 Å². The standard InChI is InChI=1S/C28H22ClN3O5/c1-36-25-12-11-19(16-23(25)29)32-27(34)22(26(33)30-28(32)35)15-18-17-31(24-10-6-5-9-21(18)24)13-14-37-20-7-3-2-4-8-20/h2-12,15-17H,13-14H2,1H3,(H,30,33,35)/b22-15-. The van der Waals surface area contributed by atoms with Gasteiger partial charge in [-0.15, -0.1) is 0 Å². The molecule has 0 saturated carbocycles. The lowest BCUT2D eigenvalue weighted by Gasteiger charge is -2.26. The van der Waals surface area contributed by atoms with Gasteiger partial charge in [-0.3, -0.25) is 14.9 Å². The molecular formula is C28H22ClN3O5. The summed E-state index contributed by atoms with van der Waals surface area (Å²) in [5, 5.41) is 3.32. The molecule has 37 heavy (non-hydrogen) atoms. The van der Waals surface area contributed by atoms with Crippen molar-refractivity contribution in [3.05, 3.63) is 95.2 Å². The summed E-state index contributed by atoms with van der Waals surface area (Å²) in [6.07, 6.45) is 3.36. The molecule has 1 aliphatic rings. The summed E-state index contributed by atoms with van der Waals surface area (Å²) in [4.78, 5) is 39.5. The molecule has 0 aliphatic carbocycles. The number of carbonyl (C=O) groups is 3. The zero-order valence-corrected chi connectivity index (χ0v) is 20.6. The summed E-state index contributed by atoms with van der Waals surface area (Å²) in [5.41, 5.74) is 1.63. The van der Waals surface area contributed by atoms with Gasteiger partial charge in [0.1, 0.15) is 23.7 Å². The van der Waals surface area contributed by atoms with Crippen LogP contribution in [0.25, 0.3) is 17.0 Å². The van der Waals surface area contributed by atoms with Crippen LogP contribution in [0.1, 0.15) is 5.56 Å². The lowest BCUT2D eigenvalue weighted by Crippen LogP contribution is -2.54. The SMILES string of the molecule is COc1ccc(N2C(=O)NC(=O)/C(=C/c3cn(CCOc4ccccc4)c4ccccc34)C2=O)cc1Cl. The van der Waals surface area contributed by atoms with Gasteiger partial charge in [-0.2, -0.15) is 0 Å². The van der Waals surface area contributed by atoms with Crippen molar-refractivity contribution in [2.24, 2.45) is 0 Å². The number of methoxy groups -OCH3 is 1. The van der Waals surface area contributed by atoms with Crippen molar-refractivity contribution >= 4 is 52.1 Å². The number of nitrogens with one attached hydrogen (secondary N) is 1. The van der Waals surface area contributed by atoms with Gasteiger partial charge in [0.2, 0.25) is 0 Å². The van der Waals surface area contributed by atoms with E-state index in [0.29, 0.717) is 24.5 Å². The van der Waals surface area contributed by atoms with Gasteiger partial charge in [0.05, 0.1) is 24.4 Å². The highest BCUT2D eigenvalue weighted by molar-refractivity contribution is 6.40. The van der Waals surface area contributed by atoms with Gasteiger partial charge >= 0.3 is 6.03 Å². The molecule has 4 amide bonds. The van der Waals surface area contributed by atoms with Gasteiger partial charge in [-0.1, -0.05) is 48.0 Å². The molecule has 9 heteroatoms. The summed E-state index contributed by atoms with van der Waals surface area (Å²) in [6, 6.07) is 20.8. The highest BCUT2D eigenvalue weighted by Crippen LogP contribution is 2.31. The normalized spacial score (nSPS) is 14.8. The van der Waals surface area contributed by atoms with Gasteiger partial charge in [0, 0.05) is 22.7 Å². The lowest BCUT2D eigenvalue weighted by molar-refractivity contribution is -0.122. The number of carbonyl (C=O) groups excluding carboxylic acids is 3. The predicted molar refractivity (Wildman–Crippen MR) is 141 cm³/mol. The number of nitrogens with zero attached hydrogens (tertiary/aromatic N) is 2. The minimum absolute atomic E-state index is 0.171. The summed E-state index contributed by atoms with van der Waals surface area (Å²) in [7, 11) is 1.46. The molecule has 186 valence electrons. The summed E-state index contributed by atoms with van der Waals surface area (Å²) in [5.74, 6) is -0.352. The highest BCUT2D eigenvalue weighted by atomic mass is 35.5. The van der Waals surface area contributed by atoms with E-state index < -0.39 is 17.8 Å². The summed E-state index contributed by atoms with van der Waals surface area (Å²) < 4.78 is 13.0. The number of fused-ring (bicyclic) bond motifs is 1. The fourth-order valence-corrected chi connectivity index (χ4v) is 4.45. The smallest absolute Gasteiger partial charge is 0.335 e. The van der Waals surface area contributed by atoms with Crippen LogP contribution in [-0.4, -0.2) is 36.1 Å². The van der Waals surface area contributed by atoms with Crippen molar-refractivity contribution < 1.29 is 23.9 Å². The number of para-hydroxylation sites is 2. The molecular weight excluding hydrogens is 494 g/mol. The molecule has 2 heterocycles. The number of ether oxygens (including phenoxy) is 2. The van der Waals surface area contributed by atoms with E-state index >= 15 is 0 Å². The molecule has 8 nitrogen and oxygen atoms in total. The molecule has 5 rings (SSSR count). The lowest BCUT2D eigenvalue weighted by atomic mass is 10.1. The summed E-state index contributed by atoms with van der Waals surface area (Å²) in [6.45, 7) is 0.978. The molecule has 0 unspecified atom stereocenters. The first-order chi connectivity index (χ1) is 18.0. The molecule has 1 saturated heterocycles. The van der Waals surface area contributed by atoms with E-state index in [1.165, 1.54) is 25.3 Å². The predicted octanol–water partition coefficient (Wildman–Crippen LogP) is 5.05. The van der Waals surface area contributed by atoms with E-state index in [2.05, 4.69) is 5.32 Å². The number of amides is 4.